The summed E-state index contributed by atoms with van der Waals surface area (Å²) in [7, 11) is 0. The second kappa shape index (κ2) is 36.7. The first kappa shape index (κ1) is 44.9. The molecule has 5 nitrogen and oxygen atoms in total. The third-order valence-corrected chi connectivity index (χ3v) is 9.48. The normalized spacial score (nSPS) is 11.5. The van der Waals surface area contributed by atoms with E-state index in [9.17, 15) is 9.59 Å². The number of nitrogens with zero attached hydrogens (tertiary/aromatic N) is 1. The second-order valence-corrected chi connectivity index (χ2v) is 14.0. The Morgan fingerprint density at radius 1 is 0.457 bits per heavy atom. The molecule has 0 amide bonds. The fourth-order valence-electron chi connectivity index (χ4n) is 6.30. The molecule has 0 aromatic carbocycles. The fourth-order valence-corrected chi connectivity index (χ4v) is 6.30. The molecule has 0 atom stereocenters. The maximum absolute atomic E-state index is 12.7. The van der Waals surface area contributed by atoms with E-state index in [4.69, 9.17) is 9.47 Å². The number of hydrogen-bond acceptors (Lipinski definition) is 5. The van der Waals surface area contributed by atoms with Crippen molar-refractivity contribution >= 4 is 11.9 Å². The third kappa shape index (κ3) is 32.8. The zero-order valence-corrected chi connectivity index (χ0v) is 31.7. The van der Waals surface area contributed by atoms with Crippen molar-refractivity contribution in [2.24, 2.45) is 0 Å². The lowest BCUT2D eigenvalue weighted by atomic mass is 10.0. The van der Waals surface area contributed by atoms with Crippen molar-refractivity contribution in [1.82, 2.24) is 4.90 Å². The molecule has 0 saturated heterocycles. The number of unbranched alkanes of at least 4 members (excludes halogenated alkanes) is 21. The van der Waals surface area contributed by atoms with Gasteiger partial charge in [-0.1, -0.05) is 150 Å². The Balaban J connectivity index is 3.90. The van der Waals surface area contributed by atoms with Gasteiger partial charge in [-0.15, -0.1) is 0 Å². The van der Waals surface area contributed by atoms with Crippen LogP contribution >= 0.6 is 0 Å². The molecular weight excluding hydrogens is 570 g/mol. The van der Waals surface area contributed by atoms with E-state index < -0.39 is 0 Å². The van der Waals surface area contributed by atoms with Crippen LogP contribution in [-0.4, -0.2) is 49.2 Å². The quantitative estimate of drug-likeness (QED) is 0.0494. The summed E-state index contributed by atoms with van der Waals surface area (Å²) in [6.45, 7) is 12.9. The minimum atomic E-state index is -0.0174. The molecule has 0 aliphatic rings. The largest absolute Gasteiger partial charge is 0.466 e. The molecule has 0 bridgehead atoms. The van der Waals surface area contributed by atoms with Gasteiger partial charge in [0.2, 0.25) is 0 Å². The summed E-state index contributed by atoms with van der Waals surface area (Å²) in [4.78, 5) is 26.9. The van der Waals surface area contributed by atoms with E-state index in [1.807, 2.05) is 0 Å². The molecule has 0 radical (unpaired) electrons. The van der Waals surface area contributed by atoms with Gasteiger partial charge >= 0.3 is 11.9 Å². The van der Waals surface area contributed by atoms with Gasteiger partial charge in [0.25, 0.3) is 0 Å². The fraction of sp³-hybridized carbons (Fsp3) is 0.951. The second-order valence-electron chi connectivity index (χ2n) is 14.0. The van der Waals surface area contributed by atoms with Gasteiger partial charge in [-0.2, -0.15) is 0 Å². The van der Waals surface area contributed by atoms with Crippen LogP contribution in [0.4, 0.5) is 0 Å². The van der Waals surface area contributed by atoms with Crippen LogP contribution in [0.25, 0.3) is 0 Å². The highest BCUT2D eigenvalue weighted by atomic mass is 16.5. The summed E-state index contributed by atoms with van der Waals surface area (Å²) < 4.78 is 11.4. The van der Waals surface area contributed by atoms with Crippen LogP contribution in [0.2, 0.25) is 0 Å². The Bertz CT molecular complexity index is 624. The molecule has 0 aliphatic heterocycles. The van der Waals surface area contributed by atoms with Crippen molar-refractivity contribution in [3.05, 3.63) is 0 Å². The van der Waals surface area contributed by atoms with E-state index in [2.05, 4.69) is 32.6 Å². The molecule has 0 aliphatic carbocycles. The van der Waals surface area contributed by atoms with E-state index in [1.54, 1.807) is 0 Å². The van der Waals surface area contributed by atoms with E-state index >= 15 is 0 Å². The Labute approximate surface area is 288 Å². The van der Waals surface area contributed by atoms with Crippen LogP contribution in [0.1, 0.15) is 220 Å². The lowest BCUT2D eigenvalue weighted by Crippen LogP contribution is -2.26. The first-order valence-corrected chi connectivity index (χ1v) is 20.6. The predicted octanol–water partition coefficient (Wildman–Crippen LogP) is 12.5. The molecule has 0 fully saturated rings. The molecular formula is C41H81NO4. The minimum Gasteiger partial charge on any atom is -0.466 e. The summed E-state index contributed by atoms with van der Waals surface area (Å²) in [6.07, 6.45) is 35.5. The van der Waals surface area contributed by atoms with E-state index in [0.29, 0.717) is 19.4 Å². The van der Waals surface area contributed by atoms with E-state index in [1.165, 1.54) is 135 Å². The zero-order chi connectivity index (χ0) is 33.8. The highest BCUT2D eigenvalue weighted by Gasteiger charge is 2.14. The SMILES string of the molecule is CCCCCCCCC(CCCCCCCC)OC(=O)CCCCN(CC)CCCCCCCCCCCOC(=O)CCCCC. The van der Waals surface area contributed by atoms with Crippen LogP contribution in [0, 0.1) is 0 Å². The van der Waals surface area contributed by atoms with Crippen LogP contribution in [0.15, 0.2) is 0 Å². The molecule has 0 saturated carbocycles. The van der Waals surface area contributed by atoms with Gasteiger partial charge in [-0.3, -0.25) is 9.59 Å². The molecule has 5 heteroatoms. The number of esters is 2. The topological polar surface area (TPSA) is 55.8 Å². The lowest BCUT2D eigenvalue weighted by molar-refractivity contribution is -0.150. The Morgan fingerprint density at radius 2 is 0.848 bits per heavy atom. The van der Waals surface area contributed by atoms with Crippen molar-refractivity contribution in [2.45, 2.75) is 226 Å². The number of ether oxygens (including phenoxy) is 2. The monoisotopic (exact) mass is 652 g/mol. The Kier molecular flexibility index (Phi) is 35.9. The van der Waals surface area contributed by atoms with Gasteiger partial charge in [0.15, 0.2) is 0 Å². The molecule has 0 aromatic rings. The average molecular weight is 652 g/mol. The minimum absolute atomic E-state index is 0.0174. The number of hydrogen-bond donors (Lipinski definition) is 0. The lowest BCUT2D eigenvalue weighted by Gasteiger charge is -2.21. The summed E-state index contributed by atoms with van der Waals surface area (Å²) in [5.41, 5.74) is 0. The highest BCUT2D eigenvalue weighted by Crippen LogP contribution is 2.18. The maximum Gasteiger partial charge on any atom is 0.306 e. The molecule has 0 N–H and O–H groups in total. The molecule has 0 unspecified atom stereocenters. The van der Waals surface area contributed by atoms with Gasteiger partial charge in [-0.05, 0) is 77.4 Å². The van der Waals surface area contributed by atoms with Crippen LogP contribution in [0.5, 0.6) is 0 Å². The maximum atomic E-state index is 12.7. The van der Waals surface area contributed by atoms with Crippen molar-refractivity contribution in [3.8, 4) is 0 Å². The molecule has 274 valence electrons. The molecule has 0 aromatic heterocycles. The summed E-state index contributed by atoms with van der Waals surface area (Å²) >= 11 is 0. The van der Waals surface area contributed by atoms with E-state index in [-0.39, 0.29) is 18.0 Å². The zero-order valence-electron chi connectivity index (χ0n) is 31.7. The highest BCUT2D eigenvalue weighted by molar-refractivity contribution is 5.69. The Hall–Kier alpha value is -1.10. The molecule has 46 heavy (non-hydrogen) atoms. The Morgan fingerprint density at radius 3 is 1.37 bits per heavy atom. The summed E-state index contributed by atoms with van der Waals surface area (Å²) in [6, 6.07) is 0. The van der Waals surface area contributed by atoms with Crippen molar-refractivity contribution in [1.29, 1.82) is 0 Å². The van der Waals surface area contributed by atoms with Crippen molar-refractivity contribution < 1.29 is 19.1 Å². The van der Waals surface area contributed by atoms with Gasteiger partial charge in [0.05, 0.1) is 6.61 Å². The van der Waals surface area contributed by atoms with Gasteiger partial charge in [0, 0.05) is 12.8 Å². The van der Waals surface area contributed by atoms with Gasteiger partial charge < -0.3 is 14.4 Å². The number of carbonyl (C=O) groups excluding carboxylic acids is 2. The number of carbonyl (C=O) groups is 2. The first-order chi connectivity index (χ1) is 22.6. The van der Waals surface area contributed by atoms with Crippen LogP contribution in [0.3, 0.4) is 0 Å². The summed E-state index contributed by atoms with van der Waals surface area (Å²) in [5.74, 6) is 0.0161. The van der Waals surface area contributed by atoms with Crippen LogP contribution in [-0.2, 0) is 19.1 Å². The van der Waals surface area contributed by atoms with Crippen LogP contribution < -0.4 is 0 Å². The smallest absolute Gasteiger partial charge is 0.306 e. The van der Waals surface area contributed by atoms with Crippen molar-refractivity contribution in [3.63, 3.8) is 0 Å². The van der Waals surface area contributed by atoms with E-state index in [0.717, 1.165) is 64.5 Å². The molecule has 0 heterocycles. The number of rotatable bonds is 37. The predicted molar refractivity (Wildman–Crippen MR) is 198 cm³/mol. The van der Waals surface area contributed by atoms with Gasteiger partial charge in [0.1, 0.15) is 6.10 Å². The molecule has 0 spiro atoms. The molecule has 0 rings (SSSR count). The standard InChI is InChI=1S/C41H81NO4/c1-5-9-12-14-21-26-32-39(33-27-22-15-13-10-6-2)46-41(44)35-28-30-37-42(8-4)36-29-23-19-17-16-18-20-24-31-38-45-40(43)34-25-11-7-3/h39H,5-38H2,1-4H3. The third-order valence-electron chi connectivity index (χ3n) is 9.48. The van der Waals surface area contributed by atoms with Crippen molar-refractivity contribution in [2.75, 3.05) is 26.2 Å². The average Bonchev–Trinajstić information content (AvgIpc) is 3.05. The first-order valence-electron chi connectivity index (χ1n) is 20.6. The van der Waals surface area contributed by atoms with Gasteiger partial charge in [-0.25, -0.2) is 0 Å². The summed E-state index contributed by atoms with van der Waals surface area (Å²) in [5, 5.41) is 0.